The standard InChI is InChI=1S/C9H12N2O2/c1-3-4-8-7(2)11(6-10-8)5-9(12)13/h4,6H,2-3,5H2,1H3,(H,12,13). The molecule has 0 saturated heterocycles. The van der Waals surface area contributed by atoms with E-state index in [-0.39, 0.29) is 6.54 Å². The molecule has 1 rings (SSSR count). The molecule has 1 heterocycles. The predicted octanol–water partition coefficient (Wildman–Crippen LogP) is -0.432. The molecule has 4 nitrogen and oxygen atoms in total. The predicted molar refractivity (Wildman–Crippen MR) is 49.4 cm³/mol. The maximum Gasteiger partial charge on any atom is 0.323 e. The van der Waals surface area contributed by atoms with Gasteiger partial charge in [-0.2, -0.15) is 0 Å². The molecule has 0 spiro atoms. The van der Waals surface area contributed by atoms with Gasteiger partial charge < -0.3 is 9.67 Å². The van der Waals surface area contributed by atoms with Crippen molar-refractivity contribution in [1.82, 2.24) is 9.55 Å². The SMILES string of the molecule is C=c1c(=CCC)ncn1CC(=O)O. The first-order valence-electron chi connectivity index (χ1n) is 4.07. The Balaban J connectivity index is 3.07. The fourth-order valence-electron chi connectivity index (χ4n) is 1.07. The largest absolute Gasteiger partial charge is 0.480 e. The Hall–Kier alpha value is -1.58. The molecule has 0 unspecified atom stereocenters. The van der Waals surface area contributed by atoms with E-state index in [1.165, 1.54) is 10.9 Å². The molecule has 70 valence electrons. The average molecular weight is 180 g/mol. The lowest BCUT2D eigenvalue weighted by Gasteiger charge is -1.94. The molecule has 0 saturated carbocycles. The fraction of sp³-hybridized carbons (Fsp3) is 0.333. The average Bonchev–Trinajstić information content (AvgIpc) is 2.36. The van der Waals surface area contributed by atoms with Gasteiger partial charge in [-0.15, -0.1) is 0 Å². The minimum Gasteiger partial charge on any atom is -0.480 e. The highest BCUT2D eigenvalue weighted by Gasteiger charge is 1.99. The van der Waals surface area contributed by atoms with Crippen molar-refractivity contribution in [3.63, 3.8) is 0 Å². The Morgan fingerprint density at radius 1 is 1.85 bits per heavy atom. The molecule has 0 aliphatic carbocycles. The second-order valence-corrected chi connectivity index (χ2v) is 2.71. The van der Waals surface area contributed by atoms with E-state index in [0.29, 0.717) is 5.35 Å². The summed E-state index contributed by atoms with van der Waals surface area (Å²) in [6.45, 7) is 5.67. The van der Waals surface area contributed by atoms with E-state index in [2.05, 4.69) is 11.6 Å². The second-order valence-electron chi connectivity index (χ2n) is 2.71. The van der Waals surface area contributed by atoms with Crippen molar-refractivity contribution in [1.29, 1.82) is 0 Å². The van der Waals surface area contributed by atoms with Crippen molar-refractivity contribution >= 4 is 18.6 Å². The van der Waals surface area contributed by atoms with Crippen LogP contribution in [0.4, 0.5) is 0 Å². The normalized spacial score (nSPS) is 11.9. The Bertz CT molecular complexity index is 406. The van der Waals surface area contributed by atoms with Crippen LogP contribution in [0.1, 0.15) is 13.3 Å². The highest BCUT2D eigenvalue weighted by Crippen LogP contribution is 1.77. The molecule has 0 aliphatic heterocycles. The number of hydrogen-bond acceptors (Lipinski definition) is 2. The Morgan fingerprint density at radius 3 is 3.08 bits per heavy atom. The van der Waals surface area contributed by atoms with Gasteiger partial charge in [-0.05, 0) is 6.42 Å². The zero-order valence-corrected chi connectivity index (χ0v) is 7.53. The van der Waals surface area contributed by atoms with E-state index in [9.17, 15) is 4.79 Å². The van der Waals surface area contributed by atoms with Gasteiger partial charge in [0.25, 0.3) is 0 Å². The minimum absolute atomic E-state index is 0.0800. The van der Waals surface area contributed by atoms with Gasteiger partial charge >= 0.3 is 5.97 Å². The third-order valence-electron chi connectivity index (χ3n) is 1.68. The van der Waals surface area contributed by atoms with Crippen LogP contribution in [-0.4, -0.2) is 20.6 Å². The van der Waals surface area contributed by atoms with Crippen LogP contribution in [0.5, 0.6) is 0 Å². The molecule has 0 radical (unpaired) electrons. The number of carboxylic acids is 1. The first kappa shape index (κ1) is 9.51. The summed E-state index contributed by atoms with van der Waals surface area (Å²) < 4.78 is 1.52. The number of imidazole rings is 1. The quantitative estimate of drug-likeness (QED) is 0.686. The van der Waals surface area contributed by atoms with Crippen molar-refractivity contribution < 1.29 is 9.90 Å². The van der Waals surface area contributed by atoms with Crippen molar-refractivity contribution in [2.24, 2.45) is 0 Å². The number of aliphatic carboxylic acids is 1. The molecule has 4 heteroatoms. The number of nitrogens with zero attached hydrogens (tertiary/aromatic N) is 2. The molecule has 1 aromatic heterocycles. The third-order valence-corrected chi connectivity index (χ3v) is 1.68. The van der Waals surface area contributed by atoms with Gasteiger partial charge in [-0.1, -0.05) is 19.6 Å². The highest BCUT2D eigenvalue weighted by atomic mass is 16.4. The molecule has 13 heavy (non-hydrogen) atoms. The number of hydrogen-bond donors (Lipinski definition) is 1. The van der Waals surface area contributed by atoms with Gasteiger partial charge in [0.2, 0.25) is 0 Å². The van der Waals surface area contributed by atoms with Crippen molar-refractivity contribution in [2.75, 3.05) is 0 Å². The smallest absolute Gasteiger partial charge is 0.323 e. The third kappa shape index (κ3) is 2.18. The Morgan fingerprint density at radius 2 is 2.54 bits per heavy atom. The maximum absolute atomic E-state index is 10.4. The topological polar surface area (TPSA) is 55.1 Å². The van der Waals surface area contributed by atoms with Crippen LogP contribution in [0.3, 0.4) is 0 Å². The molecule has 1 N–H and O–H groups in total. The first-order valence-corrected chi connectivity index (χ1v) is 4.07. The highest BCUT2D eigenvalue weighted by molar-refractivity contribution is 5.66. The summed E-state index contributed by atoms with van der Waals surface area (Å²) in [4.78, 5) is 14.4. The van der Waals surface area contributed by atoms with Gasteiger partial charge in [-0.3, -0.25) is 4.79 Å². The van der Waals surface area contributed by atoms with E-state index < -0.39 is 5.97 Å². The van der Waals surface area contributed by atoms with Crippen LogP contribution >= 0.6 is 0 Å². The molecule has 0 aromatic carbocycles. The van der Waals surface area contributed by atoms with Crippen LogP contribution in [-0.2, 0) is 11.3 Å². The first-order chi connectivity index (χ1) is 6.15. The van der Waals surface area contributed by atoms with E-state index in [1.807, 2.05) is 13.0 Å². The molecular formula is C9H12N2O2. The van der Waals surface area contributed by atoms with E-state index in [0.717, 1.165) is 11.8 Å². The van der Waals surface area contributed by atoms with Gasteiger partial charge in [0, 0.05) is 0 Å². The fourth-order valence-corrected chi connectivity index (χ4v) is 1.07. The summed E-state index contributed by atoms with van der Waals surface area (Å²) in [7, 11) is 0. The monoisotopic (exact) mass is 180 g/mol. The minimum atomic E-state index is -0.884. The molecule has 0 amide bonds. The zero-order valence-electron chi connectivity index (χ0n) is 7.53. The number of aromatic nitrogens is 2. The van der Waals surface area contributed by atoms with Gasteiger partial charge in [0.1, 0.15) is 6.54 Å². The molecule has 0 atom stereocenters. The van der Waals surface area contributed by atoms with Crippen molar-refractivity contribution in [3.8, 4) is 0 Å². The summed E-state index contributed by atoms with van der Waals surface area (Å²) in [5.74, 6) is -0.884. The lowest BCUT2D eigenvalue weighted by molar-refractivity contribution is -0.137. The van der Waals surface area contributed by atoms with E-state index in [4.69, 9.17) is 5.11 Å². The van der Waals surface area contributed by atoms with Crippen LogP contribution in [0.2, 0.25) is 0 Å². The van der Waals surface area contributed by atoms with Crippen LogP contribution < -0.4 is 10.7 Å². The second kappa shape index (κ2) is 3.89. The summed E-state index contributed by atoms with van der Waals surface area (Å²) >= 11 is 0. The Labute approximate surface area is 75.8 Å². The van der Waals surface area contributed by atoms with Crippen LogP contribution in [0.15, 0.2) is 6.33 Å². The van der Waals surface area contributed by atoms with Crippen molar-refractivity contribution in [3.05, 3.63) is 17.0 Å². The lowest BCUT2D eigenvalue weighted by Crippen LogP contribution is -2.30. The number of rotatable bonds is 3. The van der Waals surface area contributed by atoms with Gasteiger partial charge in [-0.25, -0.2) is 4.98 Å². The van der Waals surface area contributed by atoms with Crippen LogP contribution in [0, 0.1) is 0 Å². The van der Waals surface area contributed by atoms with Crippen LogP contribution in [0.25, 0.3) is 12.7 Å². The van der Waals surface area contributed by atoms with Gasteiger partial charge in [0.15, 0.2) is 0 Å². The van der Waals surface area contributed by atoms with E-state index >= 15 is 0 Å². The summed E-state index contributed by atoms with van der Waals surface area (Å²) in [6.07, 6.45) is 4.28. The van der Waals surface area contributed by atoms with Crippen molar-refractivity contribution in [2.45, 2.75) is 19.9 Å². The zero-order chi connectivity index (χ0) is 9.84. The number of carbonyl (C=O) groups is 1. The van der Waals surface area contributed by atoms with E-state index in [1.54, 1.807) is 0 Å². The Kier molecular flexibility index (Phi) is 2.84. The number of carboxylic acid groups (broad SMARTS) is 1. The lowest BCUT2D eigenvalue weighted by atomic mass is 10.4. The molecule has 0 fully saturated rings. The maximum atomic E-state index is 10.4. The summed E-state index contributed by atoms with van der Waals surface area (Å²) in [5, 5.41) is 9.97. The molecule has 0 aliphatic rings. The summed E-state index contributed by atoms with van der Waals surface area (Å²) in [5.41, 5.74) is 0. The molecule has 1 aromatic rings. The molecular weight excluding hydrogens is 168 g/mol. The van der Waals surface area contributed by atoms with Gasteiger partial charge in [0.05, 0.1) is 17.0 Å². The molecule has 0 bridgehead atoms. The summed E-state index contributed by atoms with van der Waals surface area (Å²) in [6, 6.07) is 0.